The van der Waals surface area contributed by atoms with E-state index in [9.17, 15) is 0 Å². The second-order valence-electron chi connectivity index (χ2n) is 5.06. The number of hydrogen-bond acceptors (Lipinski definition) is 4. The van der Waals surface area contributed by atoms with Crippen molar-refractivity contribution in [3.63, 3.8) is 0 Å². The fraction of sp³-hybridized carbons (Fsp3) is 0.467. The first-order valence-electron chi connectivity index (χ1n) is 6.74. The van der Waals surface area contributed by atoms with Gasteiger partial charge in [-0.2, -0.15) is 0 Å². The maximum absolute atomic E-state index is 6.32. The van der Waals surface area contributed by atoms with Gasteiger partial charge < -0.3 is 5.73 Å². The molecule has 102 valence electrons. The smallest absolute Gasteiger partial charge is 0.0803 e. The van der Waals surface area contributed by atoms with Crippen molar-refractivity contribution >= 4 is 11.5 Å². The second-order valence-corrected chi connectivity index (χ2v) is 5.85. The highest BCUT2D eigenvalue weighted by Crippen LogP contribution is 2.23. The molecule has 19 heavy (non-hydrogen) atoms. The van der Waals surface area contributed by atoms with Crippen LogP contribution in [0, 0.1) is 13.8 Å². The molecule has 0 fully saturated rings. The number of rotatable bonds is 5. The van der Waals surface area contributed by atoms with Crippen molar-refractivity contribution in [2.45, 2.75) is 46.1 Å². The number of nitrogens with two attached hydrogens (primary N) is 1. The molecule has 1 aromatic heterocycles. The lowest BCUT2D eigenvalue weighted by atomic mass is 9.99. The Hall–Kier alpha value is -1.26. The van der Waals surface area contributed by atoms with Gasteiger partial charge in [-0.25, -0.2) is 0 Å². The fourth-order valence-corrected chi connectivity index (χ4v) is 2.88. The predicted molar refractivity (Wildman–Crippen MR) is 80.5 cm³/mol. The first-order chi connectivity index (χ1) is 9.11. The number of aryl methyl sites for hydroxylation is 3. The zero-order valence-corrected chi connectivity index (χ0v) is 12.6. The number of aromatic nitrogens is 2. The van der Waals surface area contributed by atoms with Gasteiger partial charge in [0.15, 0.2) is 0 Å². The largest absolute Gasteiger partial charge is 0.323 e. The lowest BCUT2D eigenvalue weighted by Gasteiger charge is -2.12. The van der Waals surface area contributed by atoms with Crippen LogP contribution < -0.4 is 5.73 Å². The van der Waals surface area contributed by atoms with E-state index in [4.69, 9.17) is 5.73 Å². The van der Waals surface area contributed by atoms with Crippen LogP contribution in [0.15, 0.2) is 18.2 Å². The Labute approximate surface area is 119 Å². The molecule has 4 heteroatoms. The van der Waals surface area contributed by atoms with Crippen LogP contribution in [0.4, 0.5) is 0 Å². The first kappa shape index (κ1) is 14.2. The molecule has 1 aromatic carbocycles. The summed E-state index contributed by atoms with van der Waals surface area (Å²) in [5.74, 6) is 0. The van der Waals surface area contributed by atoms with Crippen LogP contribution >= 0.6 is 11.5 Å². The minimum absolute atomic E-state index is 0.00339. The Morgan fingerprint density at radius 1 is 1.26 bits per heavy atom. The monoisotopic (exact) mass is 275 g/mol. The van der Waals surface area contributed by atoms with E-state index in [-0.39, 0.29) is 6.04 Å². The van der Waals surface area contributed by atoms with Crippen LogP contribution in [0.1, 0.15) is 46.6 Å². The summed E-state index contributed by atoms with van der Waals surface area (Å²) in [6, 6.07) is 6.55. The van der Waals surface area contributed by atoms with E-state index in [1.165, 1.54) is 28.2 Å². The Morgan fingerprint density at radius 3 is 2.74 bits per heavy atom. The van der Waals surface area contributed by atoms with Crippen LogP contribution in [-0.4, -0.2) is 9.59 Å². The van der Waals surface area contributed by atoms with Crippen molar-refractivity contribution in [1.82, 2.24) is 9.59 Å². The molecule has 0 saturated carbocycles. The van der Waals surface area contributed by atoms with Crippen molar-refractivity contribution in [3.8, 4) is 0 Å². The molecule has 0 radical (unpaired) electrons. The molecule has 1 unspecified atom stereocenters. The lowest BCUT2D eigenvalue weighted by Crippen LogP contribution is -2.14. The summed E-state index contributed by atoms with van der Waals surface area (Å²) in [7, 11) is 0. The van der Waals surface area contributed by atoms with Gasteiger partial charge in [0, 0.05) is 6.04 Å². The molecule has 0 bridgehead atoms. The highest BCUT2D eigenvalue weighted by atomic mass is 32.1. The average molecular weight is 275 g/mol. The lowest BCUT2D eigenvalue weighted by molar-refractivity contribution is 0.714. The van der Waals surface area contributed by atoms with E-state index < -0.39 is 0 Å². The molecule has 2 rings (SSSR count). The quantitative estimate of drug-likeness (QED) is 0.910. The maximum Gasteiger partial charge on any atom is 0.0803 e. The first-order valence-corrected chi connectivity index (χ1v) is 7.52. The van der Waals surface area contributed by atoms with Crippen LogP contribution in [0.3, 0.4) is 0 Å². The maximum atomic E-state index is 6.32. The summed E-state index contributed by atoms with van der Waals surface area (Å²) < 4.78 is 4.05. The third-order valence-electron chi connectivity index (χ3n) is 3.44. The molecule has 1 atom stereocenters. The molecule has 0 spiro atoms. The van der Waals surface area contributed by atoms with E-state index >= 15 is 0 Å². The Bertz CT molecular complexity index is 548. The summed E-state index contributed by atoms with van der Waals surface area (Å²) in [6.45, 7) is 6.42. The van der Waals surface area contributed by atoms with Gasteiger partial charge in [-0.1, -0.05) is 36.0 Å². The molecule has 1 heterocycles. The zero-order chi connectivity index (χ0) is 13.8. The summed E-state index contributed by atoms with van der Waals surface area (Å²) in [5.41, 5.74) is 11.3. The third kappa shape index (κ3) is 3.39. The molecule has 3 nitrogen and oxygen atoms in total. The number of benzene rings is 1. The highest BCUT2D eigenvalue weighted by Gasteiger charge is 2.15. The molecular formula is C15H21N3S. The molecule has 0 aliphatic heterocycles. The minimum atomic E-state index is 0.00339. The molecule has 0 saturated heterocycles. The summed E-state index contributed by atoms with van der Waals surface area (Å²) in [5, 5.41) is 4.19. The topological polar surface area (TPSA) is 51.8 Å². The second kappa shape index (κ2) is 6.26. The molecule has 0 aliphatic rings. The Morgan fingerprint density at radius 2 is 2.05 bits per heavy atom. The Balaban J connectivity index is 2.13. The van der Waals surface area contributed by atoms with E-state index in [1.54, 1.807) is 0 Å². The van der Waals surface area contributed by atoms with Crippen LogP contribution in [0.5, 0.6) is 0 Å². The fourth-order valence-electron chi connectivity index (χ4n) is 2.18. The molecule has 0 aliphatic carbocycles. The van der Waals surface area contributed by atoms with E-state index in [1.807, 2.05) is 0 Å². The zero-order valence-electron chi connectivity index (χ0n) is 11.8. The van der Waals surface area contributed by atoms with Crippen LogP contribution in [-0.2, 0) is 12.8 Å². The predicted octanol–water partition coefficient (Wildman–Crippen LogP) is 3.35. The molecule has 0 amide bonds. The van der Waals surface area contributed by atoms with E-state index in [0.29, 0.717) is 0 Å². The molecular weight excluding hydrogens is 254 g/mol. The SMILES string of the molecule is CCCc1nnsc1C(N)Cc1ccc(C)c(C)c1. The standard InChI is InChI=1S/C15H21N3S/c1-4-5-14-15(19-18-17-14)13(16)9-12-7-6-10(2)11(3)8-12/h6-8,13H,4-5,9,16H2,1-3H3. The minimum Gasteiger partial charge on any atom is -0.323 e. The van der Waals surface area contributed by atoms with Crippen molar-refractivity contribution in [2.24, 2.45) is 5.73 Å². The normalized spacial score (nSPS) is 12.6. The highest BCUT2D eigenvalue weighted by molar-refractivity contribution is 7.05. The van der Waals surface area contributed by atoms with Gasteiger partial charge in [-0.3, -0.25) is 0 Å². The van der Waals surface area contributed by atoms with Gasteiger partial charge in [-0.15, -0.1) is 5.10 Å². The van der Waals surface area contributed by atoms with E-state index in [0.717, 1.165) is 29.8 Å². The average Bonchev–Trinajstić information content (AvgIpc) is 2.83. The van der Waals surface area contributed by atoms with Crippen LogP contribution in [0.25, 0.3) is 0 Å². The Kier molecular flexibility index (Phi) is 4.66. The summed E-state index contributed by atoms with van der Waals surface area (Å²) in [6.07, 6.45) is 2.89. The summed E-state index contributed by atoms with van der Waals surface area (Å²) in [4.78, 5) is 1.14. The number of hydrogen-bond donors (Lipinski definition) is 1. The van der Waals surface area contributed by atoms with Crippen LogP contribution in [0.2, 0.25) is 0 Å². The van der Waals surface area contributed by atoms with Gasteiger partial charge >= 0.3 is 0 Å². The van der Waals surface area contributed by atoms with Gasteiger partial charge in [-0.05, 0) is 54.9 Å². The van der Waals surface area contributed by atoms with Gasteiger partial charge in [0.05, 0.1) is 10.6 Å². The van der Waals surface area contributed by atoms with E-state index in [2.05, 4.69) is 48.6 Å². The van der Waals surface area contributed by atoms with Crippen molar-refractivity contribution in [2.75, 3.05) is 0 Å². The summed E-state index contributed by atoms with van der Waals surface area (Å²) >= 11 is 1.44. The van der Waals surface area contributed by atoms with Gasteiger partial charge in [0.25, 0.3) is 0 Å². The third-order valence-corrected chi connectivity index (χ3v) is 4.33. The van der Waals surface area contributed by atoms with Gasteiger partial charge in [0.2, 0.25) is 0 Å². The van der Waals surface area contributed by atoms with Gasteiger partial charge in [0.1, 0.15) is 0 Å². The molecule has 2 aromatic rings. The molecule has 2 N–H and O–H groups in total. The van der Waals surface area contributed by atoms with Crippen molar-refractivity contribution < 1.29 is 0 Å². The number of nitrogens with zero attached hydrogens (tertiary/aromatic N) is 2. The van der Waals surface area contributed by atoms with Crippen molar-refractivity contribution in [3.05, 3.63) is 45.5 Å². The van der Waals surface area contributed by atoms with Crippen molar-refractivity contribution in [1.29, 1.82) is 0 Å².